The summed E-state index contributed by atoms with van der Waals surface area (Å²) in [5, 5.41) is 5.88. The molecule has 2 aliphatic heterocycles. The Kier molecular flexibility index (Phi) is 5.62. The summed E-state index contributed by atoms with van der Waals surface area (Å²) >= 11 is 0. The van der Waals surface area contributed by atoms with Crippen molar-refractivity contribution in [3.63, 3.8) is 0 Å². The Labute approximate surface area is 159 Å². The van der Waals surface area contributed by atoms with Gasteiger partial charge < -0.3 is 16.0 Å². The molecule has 0 radical (unpaired) electrons. The van der Waals surface area contributed by atoms with Gasteiger partial charge in [-0.15, -0.1) is 0 Å². The van der Waals surface area contributed by atoms with E-state index >= 15 is 0 Å². The van der Waals surface area contributed by atoms with Gasteiger partial charge in [-0.3, -0.25) is 19.7 Å². The number of nitrogens with zero attached hydrogens (tertiary/aromatic N) is 1. The Morgan fingerprint density at radius 2 is 2.00 bits per heavy atom. The molecule has 27 heavy (non-hydrogen) atoms. The maximum atomic E-state index is 13.1. The molecule has 1 atom stereocenters. The zero-order valence-electron chi connectivity index (χ0n) is 16.0. The van der Waals surface area contributed by atoms with Gasteiger partial charge in [0.05, 0.1) is 0 Å². The fourth-order valence-electron chi connectivity index (χ4n) is 3.98. The van der Waals surface area contributed by atoms with E-state index in [0.29, 0.717) is 31.6 Å². The summed E-state index contributed by atoms with van der Waals surface area (Å²) in [6, 6.07) is 5.24. The Balaban J connectivity index is 1.80. The second-order valence-electron chi connectivity index (χ2n) is 7.40. The lowest BCUT2D eigenvalue weighted by atomic mass is 9.92. The molecule has 1 unspecified atom stereocenters. The molecule has 1 fully saturated rings. The Morgan fingerprint density at radius 3 is 2.63 bits per heavy atom. The molecular weight excluding hydrogens is 344 g/mol. The van der Waals surface area contributed by atoms with E-state index < -0.39 is 6.04 Å². The summed E-state index contributed by atoms with van der Waals surface area (Å²) in [6.45, 7) is 5.70. The first-order valence-electron chi connectivity index (χ1n) is 9.65. The number of nitrogens with one attached hydrogen (secondary N) is 2. The van der Waals surface area contributed by atoms with Gasteiger partial charge in [0.2, 0.25) is 11.8 Å². The number of carbonyl (C=O) groups excluding carboxylic acids is 3. The second-order valence-corrected chi connectivity index (χ2v) is 7.40. The highest BCUT2D eigenvalue weighted by atomic mass is 16.2. The molecule has 3 rings (SSSR count). The first-order chi connectivity index (χ1) is 12.9. The Morgan fingerprint density at radius 1 is 1.26 bits per heavy atom. The van der Waals surface area contributed by atoms with E-state index in [1.54, 1.807) is 4.90 Å². The van der Waals surface area contributed by atoms with Gasteiger partial charge in [0.1, 0.15) is 6.04 Å². The molecule has 1 aromatic carbocycles. The number of imide groups is 1. The fraction of sp³-hybridized carbons (Fsp3) is 0.550. The highest BCUT2D eigenvalue weighted by molar-refractivity contribution is 6.05. The highest BCUT2D eigenvalue weighted by Crippen LogP contribution is 2.30. The summed E-state index contributed by atoms with van der Waals surface area (Å²) in [5.41, 5.74) is 8.35. The van der Waals surface area contributed by atoms with Crippen molar-refractivity contribution < 1.29 is 14.4 Å². The van der Waals surface area contributed by atoms with Crippen LogP contribution in [0.5, 0.6) is 0 Å². The largest absolute Gasteiger partial charge is 0.329 e. The number of rotatable bonds is 7. The molecule has 3 amide bonds. The van der Waals surface area contributed by atoms with Gasteiger partial charge in [0.25, 0.3) is 5.91 Å². The van der Waals surface area contributed by atoms with E-state index in [1.165, 1.54) is 0 Å². The molecule has 0 aliphatic carbocycles. The predicted molar refractivity (Wildman–Crippen MR) is 102 cm³/mol. The van der Waals surface area contributed by atoms with Crippen molar-refractivity contribution in [3.8, 4) is 0 Å². The van der Waals surface area contributed by atoms with Gasteiger partial charge in [0, 0.05) is 37.2 Å². The third kappa shape index (κ3) is 3.61. The summed E-state index contributed by atoms with van der Waals surface area (Å²) in [6.07, 6.45) is 2.45. The number of fused-ring (bicyclic) bond motifs is 1. The predicted octanol–water partition coefficient (Wildman–Crippen LogP) is 1.05. The minimum Gasteiger partial charge on any atom is -0.329 e. The smallest absolute Gasteiger partial charge is 0.255 e. The third-order valence-corrected chi connectivity index (χ3v) is 6.04. The lowest BCUT2D eigenvalue weighted by molar-refractivity contribution is -0.136. The topological polar surface area (TPSA) is 105 Å². The zero-order chi connectivity index (χ0) is 19.6. The number of piperidine rings is 1. The first kappa shape index (κ1) is 19.5. The van der Waals surface area contributed by atoms with Gasteiger partial charge in [-0.05, 0) is 30.4 Å². The number of benzene rings is 1. The van der Waals surface area contributed by atoms with E-state index in [1.807, 2.05) is 18.2 Å². The van der Waals surface area contributed by atoms with Gasteiger partial charge in [-0.25, -0.2) is 0 Å². The molecule has 0 aromatic heterocycles. The van der Waals surface area contributed by atoms with Crippen LogP contribution in [0.2, 0.25) is 0 Å². The normalized spacial score (nSPS) is 20.0. The van der Waals surface area contributed by atoms with Crippen LogP contribution in [0.15, 0.2) is 18.2 Å². The van der Waals surface area contributed by atoms with Crippen molar-refractivity contribution in [2.45, 2.75) is 64.2 Å². The summed E-state index contributed by atoms with van der Waals surface area (Å²) in [7, 11) is 0. The quantitative estimate of drug-likeness (QED) is 0.621. The van der Waals surface area contributed by atoms with E-state index in [-0.39, 0.29) is 29.7 Å². The van der Waals surface area contributed by atoms with Crippen LogP contribution < -0.4 is 16.4 Å². The molecule has 1 aromatic rings. The molecule has 2 aliphatic rings. The minimum atomic E-state index is -0.585. The summed E-state index contributed by atoms with van der Waals surface area (Å²) in [5.74, 6) is -0.794. The molecule has 0 spiro atoms. The molecule has 7 nitrogen and oxygen atoms in total. The van der Waals surface area contributed by atoms with Crippen molar-refractivity contribution in [3.05, 3.63) is 34.9 Å². The number of hydrogen-bond acceptors (Lipinski definition) is 5. The molecule has 4 N–H and O–H groups in total. The highest BCUT2D eigenvalue weighted by Gasteiger charge is 2.40. The van der Waals surface area contributed by atoms with Crippen molar-refractivity contribution in [1.29, 1.82) is 0 Å². The maximum Gasteiger partial charge on any atom is 0.255 e. The molecule has 0 bridgehead atoms. The molecule has 7 heteroatoms. The summed E-state index contributed by atoms with van der Waals surface area (Å²) in [4.78, 5) is 38.3. The van der Waals surface area contributed by atoms with Crippen LogP contribution in [0.1, 0.15) is 61.0 Å². The van der Waals surface area contributed by atoms with Crippen LogP contribution in [0.25, 0.3) is 0 Å². The summed E-state index contributed by atoms with van der Waals surface area (Å²) < 4.78 is 0. The average Bonchev–Trinajstić information content (AvgIpc) is 3.00. The van der Waals surface area contributed by atoms with Crippen molar-refractivity contribution in [1.82, 2.24) is 15.5 Å². The zero-order valence-corrected chi connectivity index (χ0v) is 16.0. The monoisotopic (exact) mass is 372 g/mol. The van der Waals surface area contributed by atoms with E-state index in [9.17, 15) is 14.4 Å². The number of nitrogens with two attached hydrogens (primary N) is 1. The average molecular weight is 372 g/mol. The minimum absolute atomic E-state index is 0.136. The molecule has 2 heterocycles. The van der Waals surface area contributed by atoms with Crippen molar-refractivity contribution >= 4 is 17.7 Å². The Bertz CT molecular complexity index is 749. The lowest BCUT2D eigenvalue weighted by Crippen LogP contribution is -2.52. The van der Waals surface area contributed by atoms with Gasteiger partial charge in [-0.2, -0.15) is 0 Å². The van der Waals surface area contributed by atoms with E-state index in [2.05, 4.69) is 24.5 Å². The van der Waals surface area contributed by atoms with E-state index in [4.69, 9.17) is 5.73 Å². The maximum absolute atomic E-state index is 13.1. The number of hydrogen-bond donors (Lipinski definition) is 3. The van der Waals surface area contributed by atoms with Crippen LogP contribution in [0.4, 0.5) is 0 Å². The van der Waals surface area contributed by atoms with Crippen LogP contribution in [0, 0.1) is 0 Å². The standard InChI is InChI=1S/C20H28N4O3/c1-3-20(4-2,12-21)22-10-13-6-5-7-14-11-24(19(27)17(13)14)15-8-9-16(25)23-18(15)26/h5-7,15,22H,3-4,8-12,21H2,1-2H3,(H,23,25,26). The van der Waals surface area contributed by atoms with Crippen molar-refractivity contribution in [2.75, 3.05) is 6.54 Å². The van der Waals surface area contributed by atoms with Crippen LogP contribution in [-0.2, 0) is 22.7 Å². The second kappa shape index (κ2) is 7.78. The fourth-order valence-corrected chi connectivity index (χ4v) is 3.98. The first-order valence-corrected chi connectivity index (χ1v) is 9.65. The Hall–Kier alpha value is -2.25. The lowest BCUT2D eigenvalue weighted by Gasteiger charge is -2.32. The molecule has 0 saturated carbocycles. The molecular formula is C20H28N4O3. The number of carbonyl (C=O) groups is 3. The van der Waals surface area contributed by atoms with Crippen LogP contribution >= 0.6 is 0 Å². The van der Waals surface area contributed by atoms with Crippen molar-refractivity contribution in [2.24, 2.45) is 5.73 Å². The van der Waals surface area contributed by atoms with Gasteiger partial charge in [-0.1, -0.05) is 32.0 Å². The van der Waals surface area contributed by atoms with Crippen LogP contribution in [0.3, 0.4) is 0 Å². The molecule has 146 valence electrons. The van der Waals surface area contributed by atoms with Gasteiger partial charge >= 0.3 is 0 Å². The SMILES string of the molecule is CCC(CC)(CN)NCc1cccc2c1C(=O)N(C1CCC(=O)NC1=O)C2. The number of amides is 3. The van der Waals surface area contributed by atoms with Crippen LogP contribution in [-0.4, -0.2) is 40.7 Å². The van der Waals surface area contributed by atoms with Gasteiger partial charge in [0.15, 0.2) is 0 Å². The van der Waals surface area contributed by atoms with E-state index in [0.717, 1.165) is 24.0 Å². The third-order valence-electron chi connectivity index (χ3n) is 6.04. The molecule has 1 saturated heterocycles.